The van der Waals surface area contributed by atoms with Gasteiger partial charge in [0.05, 0.1) is 17.2 Å². The summed E-state index contributed by atoms with van der Waals surface area (Å²) in [6, 6.07) is 7.61. The molecular formula is C16H19N3O2S2. The van der Waals surface area contributed by atoms with E-state index < -0.39 is 0 Å². The van der Waals surface area contributed by atoms with E-state index in [0.717, 1.165) is 21.8 Å². The molecule has 122 valence electrons. The molecule has 0 saturated heterocycles. The average molecular weight is 349 g/mol. The van der Waals surface area contributed by atoms with Crippen molar-refractivity contribution in [3.63, 3.8) is 0 Å². The van der Waals surface area contributed by atoms with Gasteiger partial charge < -0.3 is 10.6 Å². The van der Waals surface area contributed by atoms with Gasteiger partial charge in [0.15, 0.2) is 5.13 Å². The van der Waals surface area contributed by atoms with Gasteiger partial charge >= 0.3 is 0 Å². The summed E-state index contributed by atoms with van der Waals surface area (Å²) in [6.45, 7) is 5.84. The third-order valence-corrected chi connectivity index (χ3v) is 4.96. The maximum absolute atomic E-state index is 11.8. The molecule has 5 nitrogen and oxygen atoms in total. The fourth-order valence-electron chi connectivity index (χ4n) is 1.84. The van der Waals surface area contributed by atoms with E-state index in [1.807, 2.05) is 45.0 Å². The normalized spacial score (nSPS) is 10.4. The van der Waals surface area contributed by atoms with Crippen LogP contribution in [0.5, 0.6) is 0 Å². The molecule has 1 aromatic heterocycles. The van der Waals surface area contributed by atoms with Crippen molar-refractivity contribution in [1.29, 1.82) is 0 Å². The number of amides is 2. The molecule has 2 aromatic rings. The molecule has 0 fully saturated rings. The Kier molecular flexibility index (Phi) is 6.18. The number of nitrogens with one attached hydrogen (secondary N) is 2. The molecule has 0 radical (unpaired) electrons. The molecule has 1 heterocycles. The first-order chi connectivity index (χ1) is 10.9. The second-order valence-corrected chi connectivity index (χ2v) is 7.31. The first-order valence-electron chi connectivity index (χ1n) is 7.12. The highest BCUT2D eigenvalue weighted by Gasteiger charge is 2.09. The molecule has 0 saturated carbocycles. The molecular weight excluding hydrogens is 330 g/mol. The third-order valence-electron chi connectivity index (χ3n) is 3.04. The Hall–Kier alpha value is -1.86. The third kappa shape index (κ3) is 5.69. The zero-order valence-corrected chi connectivity index (χ0v) is 14.9. The highest BCUT2D eigenvalue weighted by atomic mass is 32.2. The average Bonchev–Trinajstić information content (AvgIpc) is 2.77. The van der Waals surface area contributed by atoms with Gasteiger partial charge in [0.2, 0.25) is 11.8 Å². The Morgan fingerprint density at radius 3 is 2.43 bits per heavy atom. The van der Waals surface area contributed by atoms with Crippen LogP contribution in [0.3, 0.4) is 0 Å². The second kappa shape index (κ2) is 8.12. The van der Waals surface area contributed by atoms with Crippen molar-refractivity contribution in [2.75, 3.05) is 22.1 Å². The van der Waals surface area contributed by atoms with Gasteiger partial charge in [-0.25, -0.2) is 4.98 Å². The minimum absolute atomic E-state index is 0.116. The van der Waals surface area contributed by atoms with Crippen LogP contribution < -0.4 is 10.6 Å². The van der Waals surface area contributed by atoms with Crippen LogP contribution in [-0.4, -0.2) is 28.3 Å². The van der Waals surface area contributed by atoms with Crippen molar-refractivity contribution in [2.45, 2.75) is 20.8 Å². The molecule has 0 aliphatic heterocycles. The largest absolute Gasteiger partial charge is 0.325 e. The fourth-order valence-corrected chi connectivity index (χ4v) is 3.29. The summed E-state index contributed by atoms with van der Waals surface area (Å²) in [5.41, 5.74) is 2.79. The molecule has 0 unspecified atom stereocenters. The summed E-state index contributed by atoms with van der Waals surface area (Å²) >= 11 is 2.73. The molecule has 2 N–H and O–H groups in total. The number of benzene rings is 1. The van der Waals surface area contributed by atoms with Gasteiger partial charge in [0.25, 0.3) is 0 Å². The summed E-state index contributed by atoms with van der Waals surface area (Å²) in [7, 11) is 0. The maximum atomic E-state index is 11.8. The van der Waals surface area contributed by atoms with E-state index >= 15 is 0 Å². The van der Waals surface area contributed by atoms with Gasteiger partial charge in [-0.1, -0.05) is 12.1 Å². The molecule has 0 atom stereocenters. The minimum Gasteiger partial charge on any atom is -0.325 e. The lowest BCUT2D eigenvalue weighted by atomic mass is 10.2. The van der Waals surface area contributed by atoms with Crippen LogP contribution in [0.4, 0.5) is 10.8 Å². The number of nitrogens with zero attached hydrogens (tertiary/aromatic N) is 1. The van der Waals surface area contributed by atoms with E-state index in [0.29, 0.717) is 5.13 Å². The molecule has 0 spiro atoms. The van der Waals surface area contributed by atoms with Gasteiger partial charge in [-0.15, -0.1) is 23.1 Å². The predicted molar refractivity (Wildman–Crippen MR) is 97.4 cm³/mol. The van der Waals surface area contributed by atoms with Crippen LogP contribution >= 0.6 is 23.1 Å². The monoisotopic (exact) mass is 349 g/mol. The van der Waals surface area contributed by atoms with Crippen molar-refractivity contribution in [3.05, 3.63) is 40.4 Å². The molecule has 23 heavy (non-hydrogen) atoms. The number of thiazole rings is 1. The first-order valence-corrected chi connectivity index (χ1v) is 9.09. The maximum Gasteiger partial charge on any atom is 0.236 e. The summed E-state index contributed by atoms with van der Waals surface area (Å²) in [5, 5.41) is 6.17. The zero-order chi connectivity index (χ0) is 16.8. The molecule has 0 aliphatic rings. The number of rotatable bonds is 6. The van der Waals surface area contributed by atoms with Crippen molar-refractivity contribution in [2.24, 2.45) is 0 Å². The van der Waals surface area contributed by atoms with Crippen LogP contribution in [0.25, 0.3) is 0 Å². The quantitative estimate of drug-likeness (QED) is 0.839. The minimum atomic E-state index is -0.146. The number of aromatic nitrogens is 1. The molecule has 1 aromatic carbocycles. The molecule has 0 aliphatic carbocycles. The SMILES string of the molecule is Cc1cccc(NC(=O)CSCC(=O)Nc2nc(C)c(C)s2)c1. The topological polar surface area (TPSA) is 71.1 Å². The van der Waals surface area contributed by atoms with E-state index in [1.54, 1.807) is 0 Å². The van der Waals surface area contributed by atoms with Crippen LogP contribution in [0.1, 0.15) is 16.1 Å². The van der Waals surface area contributed by atoms with E-state index in [2.05, 4.69) is 15.6 Å². The number of aryl methyl sites for hydroxylation is 3. The van der Waals surface area contributed by atoms with E-state index in [1.165, 1.54) is 23.1 Å². The first kappa shape index (κ1) is 17.5. The van der Waals surface area contributed by atoms with E-state index in [4.69, 9.17) is 0 Å². The van der Waals surface area contributed by atoms with Crippen LogP contribution in [-0.2, 0) is 9.59 Å². The van der Waals surface area contributed by atoms with Crippen molar-refractivity contribution in [1.82, 2.24) is 4.98 Å². The van der Waals surface area contributed by atoms with Crippen LogP contribution in [0, 0.1) is 20.8 Å². The fraction of sp³-hybridized carbons (Fsp3) is 0.312. The number of carbonyl (C=O) groups is 2. The summed E-state index contributed by atoms with van der Waals surface area (Å²) < 4.78 is 0. The number of thioether (sulfide) groups is 1. The Morgan fingerprint density at radius 2 is 1.83 bits per heavy atom. The summed E-state index contributed by atoms with van der Waals surface area (Å²) in [5.74, 6) is 0.192. The van der Waals surface area contributed by atoms with Crippen LogP contribution in [0.2, 0.25) is 0 Å². The zero-order valence-electron chi connectivity index (χ0n) is 13.3. The molecule has 7 heteroatoms. The second-order valence-electron chi connectivity index (χ2n) is 5.12. The molecule has 2 amide bonds. The van der Waals surface area contributed by atoms with E-state index in [9.17, 15) is 9.59 Å². The Morgan fingerprint density at radius 1 is 1.13 bits per heavy atom. The van der Waals surface area contributed by atoms with Crippen molar-refractivity contribution in [3.8, 4) is 0 Å². The number of carbonyl (C=O) groups excluding carboxylic acids is 2. The van der Waals surface area contributed by atoms with Gasteiger partial charge in [0, 0.05) is 10.6 Å². The summed E-state index contributed by atoms with van der Waals surface area (Å²) in [4.78, 5) is 29.0. The smallest absolute Gasteiger partial charge is 0.236 e. The highest BCUT2D eigenvalue weighted by molar-refractivity contribution is 8.00. The van der Waals surface area contributed by atoms with Crippen LogP contribution in [0.15, 0.2) is 24.3 Å². The Labute approximate surface area is 143 Å². The summed E-state index contributed by atoms with van der Waals surface area (Å²) in [6.07, 6.45) is 0. The molecule has 0 bridgehead atoms. The molecule has 2 rings (SSSR count). The highest BCUT2D eigenvalue weighted by Crippen LogP contribution is 2.21. The van der Waals surface area contributed by atoms with Gasteiger partial charge in [-0.2, -0.15) is 0 Å². The van der Waals surface area contributed by atoms with Gasteiger partial charge in [-0.05, 0) is 38.5 Å². The number of anilines is 2. The number of hydrogen-bond acceptors (Lipinski definition) is 5. The van der Waals surface area contributed by atoms with Crippen molar-refractivity contribution >= 4 is 45.7 Å². The standard InChI is InChI=1S/C16H19N3O2S2/c1-10-5-4-6-13(7-10)18-14(20)8-22-9-15(21)19-16-17-11(2)12(3)23-16/h4-7H,8-9H2,1-3H3,(H,18,20)(H,17,19,21). The number of hydrogen-bond donors (Lipinski definition) is 2. The van der Waals surface area contributed by atoms with Crippen molar-refractivity contribution < 1.29 is 9.59 Å². The Balaban J connectivity index is 1.71. The predicted octanol–water partition coefficient (Wildman–Crippen LogP) is 3.38. The van der Waals surface area contributed by atoms with Gasteiger partial charge in [0.1, 0.15) is 0 Å². The van der Waals surface area contributed by atoms with E-state index in [-0.39, 0.29) is 23.3 Å². The lowest BCUT2D eigenvalue weighted by Gasteiger charge is -2.06. The lowest BCUT2D eigenvalue weighted by Crippen LogP contribution is -2.18. The Bertz CT molecular complexity index is 694. The lowest BCUT2D eigenvalue weighted by molar-refractivity contribution is -0.114. The van der Waals surface area contributed by atoms with Gasteiger partial charge in [-0.3, -0.25) is 9.59 Å².